The van der Waals surface area contributed by atoms with E-state index in [1.54, 1.807) is 14.2 Å². The molecule has 0 saturated heterocycles. The molecule has 0 atom stereocenters. The minimum atomic E-state index is 0. The van der Waals surface area contributed by atoms with E-state index in [0.29, 0.717) is 19.6 Å². The van der Waals surface area contributed by atoms with Gasteiger partial charge >= 0.3 is 0 Å². The number of rotatable bonds is 8. The molecule has 5 nitrogen and oxygen atoms in total. The van der Waals surface area contributed by atoms with Crippen LogP contribution in [0.25, 0.3) is 0 Å². The quantitative estimate of drug-likeness (QED) is 0.715. The average Bonchev–Trinajstić information content (AvgIpc) is 2.55. The molecule has 132 valence electrons. The molecule has 0 radical (unpaired) electrons. The van der Waals surface area contributed by atoms with Gasteiger partial charge in [-0.1, -0.05) is 12.1 Å². The predicted octanol–water partition coefficient (Wildman–Crippen LogP) is 2.70. The first-order valence-corrected chi connectivity index (χ1v) is 7.54. The smallest absolute Gasteiger partial charge is 0.123 e. The van der Waals surface area contributed by atoms with Gasteiger partial charge < -0.3 is 20.3 Å². The SMILES string of the molecule is COc1ccc(OC)c(CN(CCO)Cc2cccc(N)c2)c1.Cl. The van der Waals surface area contributed by atoms with Crippen LogP contribution in [0.4, 0.5) is 5.69 Å². The van der Waals surface area contributed by atoms with Crippen molar-refractivity contribution in [3.63, 3.8) is 0 Å². The highest BCUT2D eigenvalue weighted by Crippen LogP contribution is 2.25. The molecule has 0 saturated carbocycles. The van der Waals surface area contributed by atoms with Gasteiger partial charge in [0.05, 0.1) is 20.8 Å². The van der Waals surface area contributed by atoms with Crippen LogP contribution in [0.15, 0.2) is 42.5 Å². The second kappa shape index (κ2) is 10.0. The molecule has 0 heterocycles. The van der Waals surface area contributed by atoms with Crippen molar-refractivity contribution in [3.8, 4) is 11.5 Å². The summed E-state index contributed by atoms with van der Waals surface area (Å²) in [5, 5.41) is 9.35. The number of hydrogen-bond acceptors (Lipinski definition) is 5. The zero-order valence-corrected chi connectivity index (χ0v) is 14.9. The van der Waals surface area contributed by atoms with Gasteiger partial charge in [-0.15, -0.1) is 12.4 Å². The maximum atomic E-state index is 9.35. The Balaban J connectivity index is 0.00000288. The first-order chi connectivity index (χ1) is 11.2. The van der Waals surface area contributed by atoms with Gasteiger partial charge in [0, 0.05) is 30.9 Å². The standard InChI is InChI=1S/C18H24N2O3.ClH/c1-22-17-6-7-18(23-2)15(11-17)13-20(8-9-21)12-14-4-3-5-16(19)10-14;/h3-7,10-11,21H,8-9,12-13,19H2,1-2H3;1H. The van der Waals surface area contributed by atoms with Gasteiger partial charge in [0.1, 0.15) is 11.5 Å². The Kier molecular flexibility index (Phi) is 8.40. The first-order valence-electron chi connectivity index (χ1n) is 7.54. The lowest BCUT2D eigenvalue weighted by Gasteiger charge is -2.23. The van der Waals surface area contributed by atoms with Crippen molar-refractivity contribution in [2.75, 3.05) is 33.1 Å². The monoisotopic (exact) mass is 352 g/mol. The van der Waals surface area contributed by atoms with Gasteiger partial charge in [-0.2, -0.15) is 0 Å². The Bertz CT molecular complexity index is 637. The number of halogens is 1. The van der Waals surface area contributed by atoms with Crippen molar-refractivity contribution >= 4 is 18.1 Å². The fourth-order valence-corrected chi connectivity index (χ4v) is 2.55. The van der Waals surface area contributed by atoms with Crippen molar-refractivity contribution in [2.24, 2.45) is 0 Å². The van der Waals surface area contributed by atoms with E-state index in [1.807, 2.05) is 42.5 Å². The highest BCUT2D eigenvalue weighted by Gasteiger charge is 2.12. The van der Waals surface area contributed by atoms with Crippen molar-refractivity contribution in [2.45, 2.75) is 13.1 Å². The fraction of sp³-hybridized carbons (Fsp3) is 0.333. The number of aliphatic hydroxyl groups excluding tert-OH is 1. The lowest BCUT2D eigenvalue weighted by Crippen LogP contribution is -2.26. The number of nitrogen functional groups attached to an aromatic ring is 1. The fourth-order valence-electron chi connectivity index (χ4n) is 2.55. The molecule has 2 aromatic rings. The Morgan fingerprint density at radius 1 is 1.04 bits per heavy atom. The third kappa shape index (κ3) is 5.60. The molecule has 0 fully saturated rings. The summed E-state index contributed by atoms with van der Waals surface area (Å²) in [4.78, 5) is 2.14. The summed E-state index contributed by atoms with van der Waals surface area (Å²) < 4.78 is 10.7. The minimum Gasteiger partial charge on any atom is -0.497 e. The molecule has 24 heavy (non-hydrogen) atoms. The van der Waals surface area contributed by atoms with Crippen LogP contribution in [0.5, 0.6) is 11.5 Å². The van der Waals surface area contributed by atoms with E-state index >= 15 is 0 Å². The van der Waals surface area contributed by atoms with E-state index in [9.17, 15) is 5.11 Å². The van der Waals surface area contributed by atoms with E-state index in [-0.39, 0.29) is 19.0 Å². The minimum absolute atomic E-state index is 0. The molecule has 2 aromatic carbocycles. The summed E-state index contributed by atoms with van der Waals surface area (Å²) in [5.74, 6) is 1.59. The zero-order valence-electron chi connectivity index (χ0n) is 14.1. The molecule has 0 unspecified atom stereocenters. The van der Waals surface area contributed by atoms with E-state index < -0.39 is 0 Å². The Morgan fingerprint density at radius 2 is 1.83 bits per heavy atom. The van der Waals surface area contributed by atoms with Gasteiger partial charge in [0.25, 0.3) is 0 Å². The average molecular weight is 353 g/mol. The zero-order chi connectivity index (χ0) is 16.7. The second-order valence-electron chi connectivity index (χ2n) is 5.36. The largest absolute Gasteiger partial charge is 0.497 e. The van der Waals surface area contributed by atoms with E-state index in [2.05, 4.69) is 4.90 Å². The molecule has 0 spiro atoms. The first kappa shape index (κ1) is 20.1. The summed E-state index contributed by atoms with van der Waals surface area (Å²) in [5.41, 5.74) is 8.71. The summed E-state index contributed by atoms with van der Waals surface area (Å²) >= 11 is 0. The molecule has 2 rings (SSSR count). The van der Waals surface area contributed by atoms with Crippen LogP contribution in [0.2, 0.25) is 0 Å². The summed E-state index contributed by atoms with van der Waals surface area (Å²) in [6.07, 6.45) is 0. The highest BCUT2D eigenvalue weighted by atomic mass is 35.5. The molecule has 0 aliphatic heterocycles. The number of anilines is 1. The van der Waals surface area contributed by atoms with Crippen LogP contribution >= 0.6 is 12.4 Å². The number of methoxy groups -OCH3 is 2. The molecule has 3 N–H and O–H groups in total. The maximum Gasteiger partial charge on any atom is 0.123 e. The van der Waals surface area contributed by atoms with E-state index in [1.165, 1.54) is 0 Å². The van der Waals surface area contributed by atoms with Crippen LogP contribution in [0, 0.1) is 0 Å². The third-order valence-electron chi connectivity index (χ3n) is 3.65. The summed E-state index contributed by atoms with van der Waals surface area (Å²) in [6, 6.07) is 13.5. The Morgan fingerprint density at radius 3 is 2.46 bits per heavy atom. The van der Waals surface area contributed by atoms with E-state index in [0.717, 1.165) is 28.3 Å². The number of nitrogens with two attached hydrogens (primary N) is 1. The van der Waals surface area contributed by atoms with Gasteiger partial charge in [-0.3, -0.25) is 4.90 Å². The molecular weight excluding hydrogens is 328 g/mol. The van der Waals surface area contributed by atoms with Crippen LogP contribution in [0.3, 0.4) is 0 Å². The predicted molar refractivity (Wildman–Crippen MR) is 98.8 cm³/mol. The summed E-state index contributed by atoms with van der Waals surface area (Å²) in [7, 11) is 3.30. The van der Waals surface area contributed by atoms with Gasteiger partial charge in [0.15, 0.2) is 0 Å². The topological polar surface area (TPSA) is 68.0 Å². The van der Waals surface area contributed by atoms with Crippen molar-refractivity contribution < 1.29 is 14.6 Å². The lowest BCUT2D eigenvalue weighted by molar-refractivity contribution is 0.183. The Labute approximate surface area is 149 Å². The normalized spacial score (nSPS) is 10.3. The molecule has 0 amide bonds. The van der Waals surface area contributed by atoms with Crippen LogP contribution in [0.1, 0.15) is 11.1 Å². The third-order valence-corrected chi connectivity index (χ3v) is 3.65. The van der Waals surface area contributed by atoms with Gasteiger partial charge in [0.2, 0.25) is 0 Å². The molecule has 0 aliphatic carbocycles. The van der Waals surface area contributed by atoms with Crippen LogP contribution in [-0.4, -0.2) is 37.4 Å². The molecular formula is C18H25ClN2O3. The van der Waals surface area contributed by atoms with Crippen LogP contribution < -0.4 is 15.2 Å². The molecule has 0 aromatic heterocycles. The molecule has 0 bridgehead atoms. The summed E-state index contributed by atoms with van der Waals surface area (Å²) in [6.45, 7) is 2.01. The number of nitrogens with zero attached hydrogens (tertiary/aromatic N) is 1. The van der Waals surface area contributed by atoms with Crippen molar-refractivity contribution in [1.29, 1.82) is 0 Å². The Hall–Kier alpha value is -1.95. The van der Waals surface area contributed by atoms with Gasteiger partial charge in [-0.25, -0.2) is 0 Å². The second-order valence-corrected chi connectivity index (χ2v) is 5.36. The van der Waals surface area contributed by atoms with Crippen molar-refractivity contribution in [3.05, 3.63) is 53.6 Å². The van der Waals surface area contributed by atoms with Crippen LogP contribution in [-0.2, 0) is 13.1 Å². The van der Waals surface area contributed by atoms with Gasteiger partial charge in [-0.05, 0) is 35.9 Å². The molecule has 0 aliphatic rings. The maximum absolute atomic E-state index is 9.35. The number of aliphatic hydroxyl groups is 1. The van der Waals surface area contributed by atoms with E-state index in [4.69, 9.17) is 15.2 Å². The number of ether oxygens (including phenoxy) is 2. The lowest BCUT2D eigenvalue weighted by atomic mass is 10.1. The number of benzene rings is 2. The number of hydrogen-bond donors (Lipinski definition) is 2. The molecule has 6 heteroatoms. The highest BCUT2D eigenvalue weighted by molar-refractivity contribution is 5.85. The van der Waals surface area contributed by atoms with Crippen molar-refractivity contribution in [1.82, 2.24) is 4.90 Å².